The molecule has 0 saturated heterocycles. The minimum absolute atomic E-state index is 0.0216. The molecule has 2 heteroatoms. The molecule has 8 bridgehead atoms. The highest BCUT2D eigenvalue weighted by molar-refractivity contribution is 5.76. The van der Waals surface area contributed by atoms with Crippen LogP contribution in [0.25, 0.3) is 0 Å². The number of carbonyl (C=O) groups excluding carboxylic acids is 1. The van der Waals surface area contributed by atoms with E-state index in [1.807, 2.05) is 13.8 Å². The van der Waals surface area contributed by atoms with Crippen molar-refractivity contribution in [3.63, 3.8) is 0 Å². The van der Waals surface area contributed by atoms with Gasteiger partial charge in [0, 0.05) is 5.41 Å². The molecule has 2 spiro atoms. The van der Waals surface area contributed by atoms with Crippen LogP contribution in [-0.2, 0) is 9.53 Å². The van der Waals surface area contributed by atoms with Crippen LogP contribution in [0.15, 0.2) is 0 Å². The number of rotatable bonds is 4. The van der Waals surface area contributed by atoms with E-state index in [2.05, 4.69) is 20.8 Å². The number of ether oxygens (including phenoxy) is 1. The van der Waals surface area contributed by atoms with E-state index in [0.29, 0.717) is 10.8 Å². The Morgan fingerprint density at radius 2 is 1.62 bits per heavy atom. The van der Waals surface area contributed by atoms with Crippen molar-refractivity contribution in [2.75, 3.05) is 0 Å². The first-order valence-electron chi connectivity index (χ1n) is 11.3. The van der Waals surface area contributed by atoms with Gasteiger partial charge in [0.05, 0.1) is 5.41 Å². The summed E-state index contributed by atoms with van der Waals surface area (Å²) in [4.78, 5) is 12.9. The maximum Gasteiger partial charge on any atom is 0.312 e. The van der Waals surface area contributed by atoms with Crippen LogP contribution in [0.4, 0.5) is 0 Å². The lowest BCUT2D eigenvalue weighted by Crippen LogP contribution is -2.84. The Morgan fingerprint density at radius 1 is 1.00 bits per heavy atom. The molecule has 144 valence electrons. The van der Waals surface area contributed by atoms with Gasteiger partial charge in [0.1, 0.15) is 5.60 Å². The molecule has 8 aliphatic rings. The van der Waals surface area contributed by atoms with Gasteiger partial charge in [-0.3, -0.25) is 4.79 Å². The van der Waals surface area contributed by atoms with Crippen LogP contribution in [0.5, 0.6) is 0 Å². The van der Waals surface area contributed by atoms with Gasteiger partial charge >= 0.3 is 5.97 Å². The predicted octanol–water partition coefficient (Wildman–Crippen LogP) is 5.60. The van der Waals surface area contributed by atoms with Crippen LogP contribution in [-0.4, -0.2) is 11.6 Å². The molecule has 26 heavy (non-hydrogen) atoms. The van der Waals surface area contributed by atoms with Crippen molar-refractivity contribution in [2.24, 2.45) is 51.2 Å². The molecule has 0 amide bonds. The van der Waals surface area contributed by atoms with Crippen LogP contribution < -0.4 is 0 Å². The molecule has 0 aromatic heterocycles. The Hall–Kier alpha value is -0.530. The largest absolute Gasteiger partial charge is 0.459 e. The quantitative estimate of drug-likeness (QED) is 0.613. The van der Waals surface area contributed by atoms with E-state index in [1.165, 1.54) is 38.5 Å². The highest BCUT2D eigenvalue weighted by atomic mass is 16.6. The van der Waals surface area contributed by atoms with Crippen LogP contribution in [0.1, 0.15) is 86.0 Å². The molecule has 4 unspecified atom stereocenters. The van der Waals surface area contributed by atoms with E-state index in [1.54, 1.807) is 6.42 Å². The highest BCUT2D eigenvalue weighted by Gasteiger charge is 2.86. The van der Waals surface area contributed by atoms with Crippen LogP contribution in [0.3, 0.4) is 0 Å². The lowest BCUT2D eigenvalue weighted by atomic mass is 9.14. The van der Waals surface area contributed by atoms with E-state index < -0.39 is 0 Å². The molecule has 0 aromatic carbocycles. The lowest BCUT2D eigenvalue weighted by molar-refractivity contribution is -0.422. The third kappa shape index (κ3) is 1.48. The van der Waals surface area contributed by atoms with Crippen LogP contribution in [0.2, 0.25) is 0 Å². The second-order valence-corrected chi connectivity index (χ2v) is 12.6. The van der Waals surface area contributed by atoms with Crippen molar-refractivity contribution < 1.29 is 9.53 Å². The molecule has 0 aromatic rings. The maximum atomic E-state index is 12.9. The zero-order chi connectivity index (χ0) is 18.3. The molecule has 2 nitrogen and oxygen atoms in total. The SMILES string of the molecule is CCC(C)(C)C(=O)OC(C)(C)C12CC3C4CC5CC3C3(CC4(C1)C3C5)C2. The molecule has 0 radical (unpaired) electrons. The topological polar surface area (TPSA) is 26.3 Å². The molecule has 0 N–H and O–H groups in total. The smallest absolute Gasteiger partial charge is 0.312 e. The van der Waals surface area contributed by atoms with Crippen LogP contribution in [0, 0.1) is 51.2 Å². The summed E-state index contributed by atoms with van der Waals surface area (Å²) < 4.78 is 6.37. The fraction of sp³-hybridized carbons (Fsp3) is 0.958. The molecular formula is C24H36O2. The van der Waals surface area contributed by atoms with E-state index in [4.69, 9.17) is 4.74 Å². The van der Waals surface area contributed by atoms with Crippen molar-refractivity contribution >= 4 is 5.97 Å². The molecule has 0 aliphatic heterocycles. The summed E-state index contributed by atoms with van der Waals surface area (Å²) in [5.41, 5.74) is 0.876. The van der Waals surface area contributed by atoms with Gasteiger partial charge in [-0.25, -0.2) is 0 Å². The summed E-state index contributed by atoms with van der Waals surface area (Å²) in [6, 6.07) is 0. The lowest BCUT2D eigenvalue weighted by Gasteiger charge is -2.90. The Labute approximate surface area is 158 Å². The van der Waals surface area contributed by atoms with Gasteiger partial charge in [-0.2, -0.15) is 0 Å². The molecular weight excluding hydrogens is 320 g/mol. The van der Waals surface area contributed by atoms with Gasteiger partial charge in [-0.1, -0.05) is 6.92 Å². The fourth-order valence-corrected chi connectivity index (χ4v) is 9.97. The first-order chi connectivity index (χ1) is 12.1. The average Bonchev–Trinajstić information content (AvgIpc) is 2.57. The summed E-state index contributed by atoms with van der Waals surface area (Å²) in [5, 5.41) is 0. The van der Waals surface area contributed by atoms with Crippen molar-refractivity contribution in [1.82, 2.24) is 0 Å². The first kappa shape index (κ1) is 16.4. The third-order valence-electron chi connectivity index (χ3n) is 11.3. The second kappa shape index (κ2) is 4.23. The Morgan fingerprint density at radius 3 is 2.19 bits per heavy atom. The van der Waals surface area contributed by atoms with Gasteiger partial charge in [0.2, 0.25) is 0 Å². The minimum Gasteiger partial charge on any atom is -0.459 e. The Balaban J connectivity index is 1.37. The molecule has 8 rings (SSSR count). The fourth-order valence-electron chi connectivity index (χ4n) is 9.97. The van der Waals surface area contributed by atoms with Crippen LogP contribution >= 0.6 is 0 Å². The zero-order valence-corrected chi connectivity index (χ0v) is 17.4. The van der Waals surface area contributed by atoms with Gasteiger partial charge in [-0.05, 0) is 119 Å². The Kier molecular flexibility index (Phi) is 2.67. The molecule has 8 saturated carbocycles. The number of hydrogen-bond acceptors (Lipinski definition) is 2. The second-order valence-electron chi connectivity index (χ2n) is 12.6. The van der Waals surface area contributed by atoms with Gasteiger partial charge in [0.25, 0.3) is 0 Å². The van der Waals surface area contributed by atoms with Crippen molar-refractivity contribution in [3.05, 3.63) is 0 Å². The summed E-state index contributed by atoms with van der Waals surface area (Å²) >= 11 is 0. The summed E-state index contributed by atoms with van der Waals surface area (Å²) in [6.07, 6.45) is 11.1. The van der Waals surface area contributed by atoms with E-state index in [9.17, 15) is 4.79 Å². The standard InChI is InChI=1S/C24H36O2/c1-6-20(2,3)19(25)26-21(4,5)22-10-15-16-7-14-8-17(15)24(12-22)13-23(16,11-22)18(24)9-14/h14-18H,6-13H2,1-5H3. The zero-order valence-electron chi connectivity index (χ0n) is 17.4. The van der Waals surface area contributed by atoms with E-state index in [-0.39, 0.29) is 22.4 Å². The highest BCUT2D eigenvalue weighted by Crippen LogP contribution is 2.92. The third-order valence-corrected chi connectivity index (χ3v) is 11.3. The van der Waals surface area contributed by atoms with E-state index >= 15 is 0 Å². The average molecular weight is 357 g/mol. The van der Waals surface area contributed by atoms with E-state index in [0.717, 1.165) is 36.0 Å². The number of esters is 1. The predicted molar refractivity (Wildman–Crippen MR) is 101 cm³/mol. The van der Waals surface area contributed by atoms with Gasteiger partial charge in [0.15, 0.2) is 0 Å². The normalized spacial score (nSPS) is 55.2. The van der Waals surface area contributed by atoms with Gasteiger partial charge in [-0.15, -0.1) is 0 Å². The molecule has 8 aliphatic carbocycles. The van der Waals surface area contributed by atoms with Crippen molar-refractivity contribution in [1.29, 1.82) is 0 Å². The molecule has 0 heterocycles. The first-order valence-corrected chi connectivity index (χ1v) is 11.3. The number of carbonyl (C=O) groups is 1. The monoisotopic (exact) mass is 356 g/mol. The molecule has 8 fully saturated rings. The summed E-state index contributed by atoms with van der Waals surface area (Å²) in [6.45, 7) is 10.7. The Bertz CT molecular complexity index is 657. The molecule has 4 atom stereocenters. The van der Waals surface area contributed by atoms with Crippen molar-refractivity contribution in [3.8, 4) is 0 Å². The summed E-state index contributed by atoms with van der Waals surface area (Å²) in [5.74, 6) is 5.14. The number of hydrogen-bond donors (Lipinski definition) is 0. The minimum atomic E-state index is -0.364. The van der Waals surface area contributed by atoms with Crippen molar-refractivity contribution in [2.45, 2.75) is 91.6 Å². The summed E-state index contributed by atoms with van der Waals surface area (Å²) in [7, 11) is 0. The maximum absolute atomic E-state index is 12.9. The van der Waals surface area contributed by atoms with Gasteiger partial charge < -0.3 is 4.74 Å².